The van der Waals surface area contributed by atoms with Gasteiger partial charge in [-0.1, -0.05) is 30.7 Å². The van der Waals surface area contributed by atoms with Crippen molar-refractivity contribution in [2.24, 2.45) is 0 Å². The van der Waals surface area contributed by atoms with E-state index in [1.165, 1.54) is 28.7 Å². The molecule has 2 heterocycles. The Kier molecular flexibility index (Phi) is 11.5. The van der Waals surface area contributed by atoms with Crippen LogP contribution in [0.1, 0.15) is 67.4 Å². The van der Waals surface area contributed by atoms with Gasteiger partial charge in [0.1, 0.15) is 10.6 Å². The molecule has 0 spiro atoms. The van der Waals surface area contributed by atoms with Gasteiger partial charge >= 0.3 is 12.1 Å². The Morgan fingerprint density at radius 3 is 2.42 bits per heavy atom. The predicted octanol–water partition coefficient (Wildman–Crippen LogP) is 7.84. The molecule has 1 aromatic heterocycles. The number of nitrogens with zero attached hydrogens (tertiary/aromatic N) is 1. The zero-order valence-electron chi connectivity index (χ0n) is 26.4. The molecule has 240 valence electrons. The van der Waals surface area contributed by atoms with Gasteiger partial charge in [-0.25, -0.2) is 9.59 Å². The first-order valence-corrected chi connectivity index (χ1v) is 17.0. The van der Waals surface area contributed by atoms with E-state index < -0.39 is 22.9 Å². The fourth-order valence-electron chi connectivity index (χ4n) is 4.65. The van der Waals surface area contributed by atoms with Crippen molar-refractivity contribution >= 4 is 74.8 Å². The number of ether oxygens (including phenoxy) is 2. The molecule has 1 aliphatic heterocycles. The molecular formula is C33H40N4O5S3. The molecule has 1 aliphatic rings. The number of nitrogens with one attached hydrogen (secondary N) is 3. The van der Waals surface area contributed by atoms with Crippen LogP contribution in [0, 0.1) is 6.92 Å². The number of carbonyl (C=O) groups is 3. The molecule has 0 aliphatic carbocycles. The third kappa shape index (κ3) is 9.44. The van der Waals surface area contributed by atoms with Crippen LogP contribution in [0.25, 0.3) is 0 Å². The summed E-state index contributed by atoms with van der Waals surface area (Å²) in [6.07, 6.45) is 0.616. The lowest BCUT2D eigenvalue weighted by Gasteiger charge is -2.30. The van der Waals surface area contributed by atoms with Gasteiger partial charge in [0.25, 0.3) is 0 Å². The number of benzene rings is 2. The fraction of sp³-hybridized carbons (Fsp3) is 0.394. The van der Waals surface area contributed by atoms with Crippen molar-refractivity contribution in [1.29, 1.82) is 0 Å². The molecule has 4 rings (SSSR count). The monoisotopic (exact) mass is 668 g/mol. The van der Waals surface area contributed by atoms with Gasteiger partial charge in [0.2, 0.25) is 5.91 Å². The second-order valence-corrected chi connectivity index (χ2v) is 14.3. The van der Waals surface area contributed by atoms with Crippen molar-refractivity contribution < 1.29 is 23.9 Å². The molecule has 12 heteroatoms. The zero-order valence-corrected chi connectivity index (χ0v) is 28.9. The average Bonchev–Trinajstić information content (AvgIpc) is 3.33. The Labute approximate surface area is 278 Å². The van der Waals surface area contributed by atoms with E-state index in [2.05, 4.69) is 16.0 Å². The third-order valence-electron chi connectivity index (χ3n) is 6.77. The number of esters is 1. The Morgan fingerprint density at radius 2 is 1.76 bits per heavy atom. The van der Waals surface area contributed by atoms with Crippen LogP contribution in [0.15, 0.2) is 53.4 Å². The number of hydrogen-bond acceptors (Lipinski definition) is 8. The van der Waals surface area contributed by atoms with Crippen LogP contribution in [0.2, 0.25) is 0 Å². The van der Waals surface area contributed by atoms with Crippen molar-refractivity contribution in [3.05, 3.63) is 70.1 Å². The normalized spacial score (nSPS) is 13.3. The Morgan fingerprint density at radius 1 is 1.04 bits per heavy atom. The highest BCUT2D eigenvalue weighted by Crippen LogP contribution is 2.39. The van der Waals surface area contributed by atoms with E-state index in [4.69, 9.17) is 21.7 Å². The van der Waals surface area contributed by atoms with E-state index in [-0.39, 0.29) is 12.5 Å². The Bertz CT molecular complexity index is 1550. The number of carbonyl (C=O) groups excluding carboxylic acids is 3. The van der Waals surface area contributed by atoms with Crippen LogP contribution >= 0.6 is 35.3 Å². The summed E-state index contributed by atoms with van der Waals surface area (Å²) in [6.45, 7) is 12.1. The van der Waals surface area contributed by atoms with Gasteiger partial charge in [0, 0.05) is 27.7 Å². The first kappa shape index (κ1) is 34.3. The minimum atomic E-state index is -0.616. The molecule has 0 bridgehead atoms. The molecule has 45 heavy (non-hydrogen) atoms. The highest BCUT2D eigenvalue weighted by molar-refractivity contribution is 8.00. The second kappa shape index (κ2) is 15.1. The molecule has 0 radical (unpaired) electrons. The molecule has 9 nitrogen and oxygen atoms in total. The number of thiocarbonyl (C=S) groups is 1. The van der Waals surface area contributed by atoms with Gasteiger partial charge < -0.3 is 30.3 Å². The number of hydrogen-bond donors (Lipinski definition) is 3. The van der Waals surface area contributed by atoms with Crippen LogP contribution in [0.3, 0.4) is 0 Å². The first-order valence-electron chi connectivity index (χ1n) is 14.9. The quantitative estimate of drug-likeness (QED) is 0.119. The standard InChI is InChI=1S/C33H40N4O5S3/c1-7-25(44-23-11-9-10-22(18-23)35-31(43)34-21-14-12-20(3)13-15-21)28(38)36-29-27(30(39)41-8-2)24-16-17-37(19-26(24)45-29)32(40)42-33(4,5)6/h9-15,18,25H,7-8,16-17,19H2,1-6H3,(H,36,38)(H2,34,35,43). The van der Waals surface area contributed by atoms with Gasteiger partial charge in [-0.3, -0.25) is 4.79 Å². The Balaban J connectivity index is 1.46. The number of anilines is 3. The molecule has 0 fully saturated rings. The lowest BCUT2D eigenvalue weighted by Crippen LogP contribution is -2.39. The number of thiophene rings is 1. The molecule has 0 saturated heterocycles. The maximum atomic E-state index is 13.6. The number of rotatable bonds is 9. The first-order chi connectivity index (χ1) is 21.4. The highest BCUT2D eigenvalue weighted by atomic mass is 32.2. The molecule has 3 aromatic rings. The van der Waals surface area contributed by atoms with E-state index in [1.54, 1.807) is 11.8 Å². The van der Waals surface area contributed by atoms with Crippen molar-refractivity contribution in [3.8, 4) is 0 Å². The van der Waals surface area contributed by atoms with E-state index >= 15 is 0 Å². The number of fused-ring (bicyclic) bond motifs is 1. The van der Waals surface area contributed by atoms with Crippen LogP contribution in [0.4, 0.5) is 21.2 Å². The van der Waals surface area contributed by atoms with E-state index in [1.807, 2.05) is 83.1 Å². The van der Waals surface area contributed by atoms with Crippen LogP contribution in [-0.4, -0.2) is 52.0 Å². The molecule has 1 unspecified atom stereocenters. The summed E-state index contributed by atoms with van der Waals surface area (Å²) in [5, 5.41) is 9.88. The smallest absolute Gasteiger partial charge is 0.410 e. The summed E-state index contributed by atoms with van der Waals surface area (Å²) in [7, 11) is 0. The summed E-state index contributed by atoms with van der Waals surface area (Å²) in [5.41, 5.74) is 3.41. The molecular weight excluding hydrogens is 629 g/mol. The number of amides is 2. The predicted molar refractivity (Wildman–Crippen MR) is 187 cm³/mol. The van der Waals surface area contributed by atoms with E-state index in [9.17, 15) is 14.4 Å². The highest BCUT2D eigenvalue weighted by Gasteiger charge is 2.33. The summed E-state index contributed by atoms with van der Waals surface area (Å²) in [5.74, 6) is -0.698. The Hall–Kier alpha value is -3.61. The minimum Gasteiger partial charge on any atom is -0.462 e. The van der Waals surface area contributed by atoms with Gasteiger partial charge in [-0.05, 0) is 95.6 Å². The molecule has 1 atom stereocenters. The zero-order chi connectivity index (χ0) is 32.7. The second-order valence-electron chi connectivity index (χ2n) is 11.6. The SMILES string of the molecule is CCOC(=O)c1c(NC(=O)C(CC)Sc2cccc(NC(=S)Nc3ccc(C)cc3)c2)sc2c1CCN(C(=O)OC(C)(C)C)C2. The van der Waals surface area contributed by atoms with Crippen LogP contribution in [-0.2, 0) is 27.2 Å². The van der Waals surface area contributed by atoms with Gasteiger partial charge in [-0.15, -0.1) is 23.1 Å². The van der Waals surface area contributed by atoms with Gasteiger partial charge in [0.05, 0.1) is 24.0 Å². The number of thioether (sulfide) groups is 1. The summed E-state index contributed by atoms with van der Waals surface area (Å²) in [4.78, 5) is 42.8. The maximum absolute atomic E-state index is 13.6. The third-order valence-corrected chi connectivity index (χ3v) is 9.46. The summed E-state index contributed by atoms with van der Waals surface area (Å²) >= 11 is 8.23. The maximum Gasteiger partial charge on any atom is 0.410 e. The van der Waals surface area contributed by atoms with E-state index in [0.29, 0.717) is 41.6 Å². The topological polar surface area (TPSA) is 109 Å². The summed E-state index contributed by atoms with van der Waals surface area (Å²) in [6, 6.07) is 15.7. The summed E-state index contributed by atoms with van der Waals surface area (Å²) < 4.78 is 10.9. The van der Waals surface area contributed by atoms with Crippen LogP contribution < -0.4 is 16.0 Å². The average molecular weight is 669 g/mol. The number of aryl methyl sites for hydroxylation is 1. The molecule has 2 amide bonds. The van der Waals surface area contributed by atoms with E-state index in [0.717, 1.165) is 26.7 Å². The van der Waals surface area contributed by atoms with Crippen molar-refractivity contribution in [3.63, 3.8) is 0 Å². The lowest BCUT2D eigenvalue weighted by molar-refractivity contribution is -0.115. The molecule has 3 N–H and O–H groups in total. The van der Waals surface area contributed by atoms with Gasteiger partial charge in [-0.2, -0.15) is 0 Å². The fourth-order valence-corrected chi connectivity index (χ4v) is 7.15. The van der Waals surface area contributed by atoms with Crippen molar-refractivity contribution in [1.82, 2.24) is 4.90 Å². The molecule has 2 aromatic carbocycles. The van der Waals surface area contributed by atoms with Crippen molar-refractivity contribution in [2.75, 3.05) is 29.1 Å². The van der Waals surface area contributed by atoms with Crippen molar-refractivity contribution in [2.45, 2.75) is 76.7 Å². The minimum absolute atomic E-state index is 0.211. The largest absolute Gasteiger partial charge is 0.462 e. The van der Waals surface area contributed by atoms with Gasteiger partial charge in [0.15, 0.2) is 5.11 Å². The lowest BCUT2D eigenvalue weighted by atomic mass is 10.0. The molecule has 0 saturated carbocycles. The van der Waals surface area contributed by atoms with Crippen LogP contribution in [0.5, 0.6) is 0 Å².